The number of nitrogens with zero attached hydrogens (tertiary/aromatic N) is 1. The van der Waals surface area contributed by atoms with Gasteiger partial charge in [-0.2, -0.15) is 13.2 Å². The van der Waals surface area contributed by atoms with Gasteiger partial charge in [-0.1, -0.05) is 29.4 Å². The summed E-state index contributed by atoms with van der Waals surface area (Å²) in [4.78, 5) is 15.9. The van der Waals surface area contributed by atoms with Gasteiger partial charge in [0.15, 0.2) is 5.75 Å². The van der Waals surface area contributed by atoms with Gasteiger partial charge in [0.2, 0.25) is 0 Å². The van der Waals surface area contributed by atoms with Gasteiger partial charge in [0.1, 0.15) is 5.56 Å². The molecular formula is C15H10F3NO3. The zero-order valence-electron chi connectivity index (χ0n) is 11.0. The fourth-order valence-electron chi connectivity index (χ4n) is 1.63. The van der Waals surface area contributed by atoms with E-state index in [-0.39, 0.29) is 11.3 Å². The lowest BCUT2D eigenvalue weighted by molar-refractivity contribution is -0.137. The van der Waals surface area contributed by atoms with Crippen LogP contribution >= 0.6 is 0 Å². The third-order valence-electron chi connectivity index (χ3n) is 2.71. The van der Waals surface area contributed by atoms with Crippen LogP contribution in [0.1, 0.15) is 21.5 Å². The number of halogens is 3. The number of alkyl halides is 3. The monoisotopic (exact) mass is 309 g/mol. The van der Waals surface area contributed by atoms with Crippen molar-refractivity contribution in [1.29, 1.82) is 0 Å². The van der Waals surface area contributed by atoms with E-state index in [2.05, 4.69) is 5.16 Å². The Kier molecular flexibility index (Phi) is 4.45. The van der Waals surface area contributed by atoms with E-state index in [1.807, 2.05) is 0 Å². The summed E-state index contributed by atoms with van der Waals surface area (Å²) in [5, 5.41) is 12.5. The maximum atomic E-state index is 12.4. The molecular weight excluding hydrogens is 299 g/mol. The number of oxime groups is 1. The number of carboxylic acids is 1. The Hall–Kier alpha value is -2.83. The average molecular weight is 309 g/mol. The first-order valence-corrected chi connectivity index (χ1v) is 6.08. The number of benzene rings is 2. The van der Waals surface area contributed by atoms with Crippen LogP contribution < -0.4 is 4.84 Å². The quantitative estimate of drug-likeness (QED) is 0.690. The molecule has 4 nitrogen and oxygen atoms in total. The lowest BCUT2D eigenvalue weighted by atomic mass is 10.1. The summed E-state index contributed by atoms with van der Waals surface area (Å²) in [5.74, 6) is -1.13. The van der Waals surface area contributed by atoms with Gasteiger partial charge in [0.25, 0.3) is 0 Å². The topological polar surface area (TPSA) is 58.9 Å². The van der Waals surface area contributed by atoms with E-state index < -0.39 is 17.7 Å². The summed E-state index contributed by atoms with van der Waals surface area (Å²) in [6, 6.07) is 10.2. The van der Waals surface area contributed by atoms with E-state index in [0.29, 0.717) is 5.56 Å². The lowest BCUT2D eigenvalue weighted by Crippen LogP contribution is -2.04. The standard InChI is InChI=1S/C15H10F3NO3/c16-15(17,18)11-7-5-10(6-8-11)9-19-22-13-4-2-1-3-12(13)14(20)21/h1-9H,(H,20,21)/b19-9+. The van der Waals surface area contributed by atoms with E-state index >= 15 is 0 Å². The summed E-state index contributed by atoms with van der Waals surface area (Å²) in [6.07, 6.45) is -3.20. The van der Waals surface area contributed by atoms with E-state index in [1.54, 1.807) is 6.07 Å². The molecule has 0 bridgehead atoms. The van der Waals surface area contributed by atoms with Crippen molar-refractivity contribution < 1.29 is 27.9 Å². The molecule has 0 radical (unpaired) electrons. The number of rotatable bonds is 4. The Morgan fingerprint density at radius 2 is 1.73 bits per heavy atom. The predicted octanol–water partition coefficient (Wildman–Crippen LogP) is 3.82. The van der Waals surface area contributed by atoms with Crippen molar-refractivity contribution in [3.05, 3.63) is 65.2 Å². The molecule has 0 aromatic heterocycles. The highest BCUT2D eigenvalue weighted by molar-refractivity contribution is 5.90. The molecule has 0 amide bonds. The number of para-hydroxylation sites is 1. The molecule has 0 aliphatic heterocycles. The van der Waals surface area contributed by atoms with Crippen molar-refractivity contribution in [3.63, 3.8) is 0 Å². The van der Waals surface area contributed by atoms with Crippen LogP contribution in [0.2, 0.25) is 0 Å². The smallest absolute Gasteiger partial charge is 0.416 e. The second-order valence-corrected chi connectivity index (χ2v) is 4.25. The SMILES string of the molecule is O=C(O)c1ccccc1O/N=C/c1ccc(C(F)(F)F)cc1. The lowest BCUT2D eigenvalue weighted by Gasteiger charge is -2.05. The van der Waals surface area contributed by atoms with Gasteiger partial charge in [-0.05, 0) is 29.8 Å². The molecule has 0 unspecified atom stereocenters. The van der Waals surface area contributed by atoms with Crippen molar-refractivity contribution >= 4 is 12.2 Å². The Morgan fingerprint density at radius 3 is 2.32 bits per heavy atom. The normalized spacial score (nSPS) is 11.6. The molecule has 0 heterocycles. The Morgan fingerprint density at radius 1 is 1.09 bits per heavy atom. The van der Waals surface area contributed by atoms with Crippen molar-refractivity contribution in [1.82, 2.24) is 0 Å². The number of hydrogen-bond donors (Lipinski definition) is 1. The van der Waals surface area contributed by atoms with Crippen molar-refractivity contribution in [2.24, 2.45) is 5.16 Å². The predicted molar refractivity (Wildman–Crippen MR) is 73.1 cm³/mol. The average Bonchev–Trinajstić information content (AvgIpc) is 2.47. The molecule has 1 N–H and O–H groups in total. The Labute approximate surface area is 123 Å². The molecule has 0 fully saturated rings. The van der Waals surface area contributed by atoms with Crippen LogP contribution in [0.3, 0.4) is 0 Å². The molecule has 2 aromatic rings. The van der Waals surface area contributed by atoms with Crippen LogP contribution in [0, 0.1) is 0 Å². The molecule has 114 valence electrons. The molecule has 7 heteroatoms. The molecule has 0 saturated heterocycles. The minimum Gasteiger partial charge on any atom is -0.478 e. The molecule has 0 aliphatic rings. The van der Waals surface area contributed by atoms with Gasteiger partial charge in [-0.3, -0.25) is 0 Å². The Bertz CT molecular complexity index is 694. The van der Waals surface area contributed by atoms with E-state index in [9.17, 15) is 18.0 Å². The zero-order valence-corrected chi connectivity index (χ0v) is 11.0. The van der Waals surface area contributed by atoms with Gasteiger partial charge in [-0.15, -0.1) is 0 Å². The first kappa shape index (κ1) is 15.6. The fraction of sp³-hybridized carbons (Fsp3) is 0.0667. The van der Waals surface area contributed by atoms with Crippen LogP contribution in [0.15, 0.2) is 53.7 Å². The van der Waals surface area contributed by atoms with Gasteiger partial charge < -0.3 is 9.94 Å². The van der Waals surface area contributed by atoms with E-state index in [4.69, 9.17) is 9.94 Å². The summed E-state index contributed by atoms with van der Waals surface area (Å²) in [6.45, 7) is 0. The Balaban J connectivity index is 2.09. The zero-order chi connectivity index (χ0) is 16.2. The number of hydrogen-bond acceptors (Lipinski definition) is 3. The number of aromatic carboxylic acids is 1. The van der Waals surface area contributed by atoms with Crippen LogP contribution in [0.25, 0.3) is 0 Å². The minimum atomic E-state index is -4.40. The molecule has 2 rings (SSSR count). The van der Waals surface area contributed by atoms with Crippen molar-refractivity contribution in [3.8, 4) is 5.75 Å². The van der Waals surface area contributed by atoms with Crippen LogP contribution in [-0.4, -0.2) is 17.3 Å². The van der Waals surface area contributed by atoms with Crippen LogP contribution in [0.4, 0.5) is 13.2 Å². The van der Waals surface area contributed by atoms with E-state index in [1.165, 1.54) is 36.5 Å². The van der Waals surface area contributed by atoms with Crippen molar-refractivity contribution in [2.75, 3.05) is 0 Å². The highest BCUT2D eigenvalue weighted by Gasteiger charge is 2.29. The van der Waals surface area contributed by atoms with Gasteiger partial charge >= 0.3 is 12.1 Å². The van der Waals surface area contributed by atoms with Gasteiger partial charge in [0.05, 0.1) is 11.8 Å². The first-order valence-electron chi connectivity index (χ1n) is 6.08. The van der Waals surface area contributed by atoms with Crippen molar-refractivity contribution in [2.45, 2.75) is 6.18 Å². The second-order valence-electron chi connectivity index (χ2n) is 4.25. The summed E-state index contributed by atoms with van der Waals surface area (Å²) in [7, 11) is 0. The molecule has 0 spiro atoms. The maximum Gasteiger partial charge on any atom is 0.416 e. The maximum absolute atomic E-state index is 12.4. The molecule has 0 atom stereocenters. The summed E-state index contributed by atoms with van der Waals surface area (Å²) in [5.41, 5.74) is -0.435. The second kappa shape index (κ2) is 6.30. The largest absolute Gasteiger partial charge is 0.478 e. The summed E-state index contributed by atoms with van der Waals surface area (Å²) >= 11 is 0. The first-order chi connectivity index (χ1) is 10.4. The highest BCUT2D eigenvalue weighted by atomic mass is 19.4. The highest BCUT2D eigenvalue weighted by Crippen LogP contribution is 2.28. The van der Waals surface area contributed by atoms with Gasteiger partial charge in [0, 0.05) is 0 Å². The van der Waals surface area contributed by atoms with Crippen LogP contribution in [-0.2, 0) is 6.18 Å². The van der Waals surface area contributed by atoms with Gasteiger partial charge in [-0.25, -0.2) is 4.79 Å². The number of carbonyl (C=O) groups is 1. The molecule has 22 heavy (non-hydrogen) atoms. The third kappa shape index (κ3) is 3.85. The fourth-order valence-corrected chi connectivity index (χ4v) is 1.63. The summed E-state index contributed by atoms with van der Waals surface area (Å²) < 4.78 is 37.2. The van der Waals surface area contributed by atoms with Crippen LogP contribution in [0.5, 0.6) is 5.75 Å². The number of carboxylic acid groups (broad SMARTS) is 1. The molecule has 0 aliphatic carbocycles. The third-order valence-corrected chi connectivity index (χ3v) is 2.71. The van der Waals surface area contributed by atoms with E-state index in [0.717, 1.165) is 12.1 Å². The minimum absolute atomic E-state index is 0.0400. The molecule has 2 aromatic carbocycles. The molecule has 0 saturated carbocycles.